The van der Waals surface area contributed by atoms with Crippen molar-refractivity contribution in [3.8, 4) is 5.75 Å². The monoisotopic (exact) mass is 301 g/mol. The van der Waals surface area contributed by atoms with Crippen molar-refractivity contribution in [2.75, 3.05) is 33.1 Å². The lowest BCUT2D eigenvalue weighted by molar-refractivity contribution is 0.188. The SMILES string of the molecule is COCCCNCC(C)Oc1cccc(S(C)(=O)=O)c1. The predicted molar refractivity (Wildman–Crippen MR) is 79.0 cm³/mol. The first-order valence-electron chi connectivity index (χ1n) is 6.60. The van der Waals surface area contributed by atoms with E-state index in [4.69, 9.17) is 9.47 Å². The van der Waals surface area contributed by atoms with Crippen LogP contribution in [0.2, 0.25) is 0 Å². The Balaban J connectivity index is 2.44. The lowest BCUT2D eigenvalue weighted by Gasteiger charge is -2.16. The molecule has 1 aromatic rings. The number of benzene rings is 1. The van der Waals surface area contributed by atoms with E-state index in [1.165, 1.54) is 6.26 Å². The van der Waals surface area contributed by atoms with Gasteiger partial charge in [-0.25, -0.2) is 8.42 Å². The van der Waals surface area contributed by atoms with Crippen LogP contribution in [-0.2, 0) is 14.6 Å². The standard InChI is InChI=1S/C14H23NO4S/c1-12(11-15-8-5-9-18-2)19-13-6-4-7-14(10-13)20(3,16)17/h4,6-7,10,12,15H,5,8-9,11H2,1-3H3. The van der Waals surface area contributed by atoms with Crippen LogP contribution in [0.15, 0.2) is 29.2 Å². The fraction of sp³-hybridized carbons (Fsp3) is 0.571. The first-order valence-corrected chi connectivity index (χ1v) is 8.49. The minimum absolute atomic E-state index is 0.0349. The average Bonchev–Trinajstić information content (AvgIpc) is 2.38. The van der Waals surface area contributed by atoms with Crippen LogP contribution >= 0.6 is 0 Å². The Labute approximate surface area is 121 Å². The van der Waals surface area contributed by atoms with Gasteiger partial charge in [0.15, 0.2) is 9.84 Å². The van der Waals surface area contributed by atoms with E-state index in [-0.39, 0.29) is 11.0 Å². The topological polar surface area (TPSA) is 64.6 Å². The van der Waals surface area contributed by atoms with E-state index in [1.54, 1.807) is 31.4 Å². The highest BCUT2D eigenvalue weighted by molar-refractivity contribution is 7.90. The van der Waals surface area contributed by atoms with Gasteiger partial charge in [0, 0.05) is 26.5 Å². The largest absolute Gasteiger partial charge is 0.489 e. The molecule has 0 saturated heterocycles. The van der Waals surface area contributed by atoms with Crippen molar-refractivity contribution in [3.63, 3.8) is 0 Å². The summed E-state index contributed by atoms with van der Waals surface area (Å²) in [7, 11) is -1.52. The van der Waals surface area contributed by atoms with Crippen molar-refractivity contribution in [2.45, 2.75) is 24.3 Å². The molecule has 0 spiro atoms. The predicted octanol–water partition coefficient (Wildman–Crippen LogP) is 1.48. The summed E-state index contributed by atoms with van der Waals surface area (Å²) in [5.74, 6) is 0.569. The molecule has 0 amide bonds. The summed E-state index contributed by atoms with van der Waals surface area (Å²) in [6, 6.07) is 6.56. The van der Waals surface area contributed by atoms with Crippen molar-refractivity contribution in [1.29, 1.82) is 0 Å². The number of methoxy groups -OCH3 is 1. The third-order valence-corrected chi connectivity index (χ3v) is 3.81. The van der Waals surface area contributed by atoms with Gasteiger partial charge >= 0.3 is 0 Å². The quantitative estimate of drug-likeness (QED) is 0.700. The zero-order valence-corrected chi connectivity index (χ0v) is 13.1. The van der Waals surface area contributed by atoms with Crippen LogP contribution < -0.4 is 10.1 Å². The first kappa shape index (κ1) is 16.9. The Hall–Kier alpha value is -1.11. The molecule has 0 aromatic heterocycles. The van der Waals surface area contributed by atoms with E-state index >= 15 is 0 Å². The van der Waals surface area contributed by atoms with Gasteiger partial charge in [0.25, 0.3) is 0 Å². The van der Waals surface area contributed by atoms with Crippen LogP contribution in [0.5, 0.6) is 5.75 Å². The normalized spacial score (nSPS) is 13.2. The number of nitrogens with one attached hydrogen (secondary N) is 1. The first-order chi connectivity index (χ1) is 9.43. The summed E-state index contributed by atoms with van der Waals surface area (Å²) >= 11 is 0. The highest BCUT2D eigenvalue weighted by atomic mass is 32.2. The Morgan fingerprint density at radius 2 is 2.10 bits per heavy atom. The number of hydrogen-bond acceptors (Lipinski definition) is 5. The highest BCUT2D eigenvalue weighted by Gasteiger charge is 2.09. The van der Waals surface area contributed by atoms with Crippen molar-refractivity contribution in [3.05, 3.63) is 24.3 Å². The van der Waals surface area contributed by atoms with Gasteiger partial charge in [0.2, 0.25) is 0 Å². The molecule has 0 aliphatic carbocycles. The molecular weight excluding hydrogens is 278 g/mol. The molecule has 0 heterocycles. The van der Waals surface area contributed by atoms with Gasteiger partial charge in [0.05, 0.1) is 4.90 Å². The van der Waals surface area contributed by atoms with E-state index in [9.17, 15) is 8.42 Å². The van der Waals surface area contributed by atoms with Gasteiger partial charge in [0.1, 0.15) is 11.9 Å². The average molecular weight is 301 g/mol. The van der Waals surface area contributed by atoms with Gasteiger partial charge in [-0.1, -0.05) is 6.07 Å². The molecule has 114 valence electrons. The van der Waals surface area contributed by atoms with E-state index in [1.807, 2.05) is 6.92 Å². The zero-order valence-electron chi connectivity index (χ0n) is 12.3. The number of ether oxygens (including phenoxy) is 2. The van der Waals surface area contributed by atoms with Gasteiger partial charge < -0.3 is 14.8 Å². The number of rotatable bonds is 9. The molecule has 1 unspecified atom stereocenters. The molecule has 1 N–H and O–H groups in total. The molecule has 5 nitrogen and oxygen atoms in total. The van der Waals surface area contributed by atoms with Crippen molar-refractivity contribution >= 4 is 9.84 Å². The second kappa shape index (κ2) is 8.24. The smallest absolute Gasteiger partial charge is 0.175 e. The fourth-order valence-electron chi connectivity index (χ4n) is 1.70. The van der Waals surface area contributed by atoms with E-state index in [0.717, 1.165) is 19.6 Å². The Bertz CT molecular complexity index is 502. The van der Waals surface area contributed by atoms with E-state index < -0.39 is 9.84 Å². The van der Waals surface area contributed by atoms with Crippen LogP contribution in [0.3, 0.4) is 0 Å². The Morgan fingerprint density at radius 3 is 2.75 bits per heavy atom. The molecule has 1 rings (SSSR count). The Kier molecular flexibility index (Phi) is 6.98. The molecule has 20 heavy (non-hydrogen) atoms. The molecule has 0 bridgehead atoms. The second-order valence-electron chi connectivity index (χ2n) is 4.73. The molecule has 0 aliphatic rings. The highest BCUT2D eigenvalue weighted by Crippen LogP contribution is 2.18. The van der Waals surface area contributed by atoms with Gasteiger partial charge in [-0.15, -0.1) is 0 Å². The van der Waals surface area contributed by atoms with Crippen LogP contribution in [0.25, 0.3) is 0 Å². The lowest BCUT2D eigenvalue weighted by atomic mass is 10.3. The summed E-state index contributed by atoms with van der Waals surface area (Å²) in [4.78, 5) is 0.273. The summed E-state index contributed by atoms with van der Waals surface area (Å²) in [6.45, 7) is 4.24. The lowest BCUT2D eigenvalue weighted by Crippen LogP contribution is -2.30. The molecule has 1 aromatic carbocycles. The molecule has 6 heteroatoms. The second-order valence-corrected chi connectivity index (χ2v) is 6.74. The minimum atomic E-state index is -3.20. The van der Waals surface area contributed by atoms with Crippen LogP contribution in [-0.4, -0.2) is 47.6 Å². The zero-order chi connectivity index (χ0) is 15.0. The summed E-state index contributed by atoms with van der Waals surface area (Å²) < 4.78 is 33.6. The van der Waals surface area contributed by atoms with Gasteiger partial charge in [-0.3, -0.25) is 0 Å². The molecule has 1 atom stereocenters. The third-order valence-electron chi connectivity index (χ3n) is 2.70. The van der Waals surface area contributed by atoms with Gasteiger partial charge in [-0.05, 0) is 38.1 Å². The molecule has 0 saturated carbocycles. The minimum Gasteiger partial charge on any atom is -0.489 e. The van der Waals surface area contributed by atoms with Crippen molar-refractivity contribution in [2.24, 2.45) is 0 Å². The molecular formula is C14H23NO4S. The number of sulfone groups is 1. The van der Waals surface area contributed by atoms with Gasteiger partial charge in [-0.2, -0.15) is 0 Å². The fourth-order valence-corrected chi connectivity index (χ4v) is 2.35. The number of hydrogen-bond donors (Lipinski definition) is 1. The maximum Gasteiger partial charge on any atom is 0.175 e. The summed E-state index contributed by atoms with van der Waals surface area (Å²) in [5.41, 5.74) is 0. The molecule has 0 aliphatic heterocycles. The van der Waals surface area contributed by atoms with Crippen LogP contribution in [0.1, 0.15) is 13.3 Å². The molecule has 0 radical (unpaired) electrons. The van der Waals surface area contributed by atoms with Crippen molar-refractivity contribution in [1.82, 2.24) is 5.32 Å². The van der Waals surface area contributed by atoms with E-state index in [2.05, 4.69) is 5.32 Å². The van der Waals surface area contributed by atoms with Crippen LogP contribution in [0, 0.1) is 0 Å². The maximum atomic E-state index is 11.5. The Morgan fingerprint density at radius 1 is 1.35 bits per heavy atom. The summed E-state index contributed by atoms with van der Waals surface area (Å²) in [6.07, 6.45) is 2.10. The summed E-state index contributed by atoms with van der Waals surface area (Å²) in [5, 5.41) is 3.26. The van der Waals surface area contributed by atoms with E-state index in [0.29, 0.717) is 12.3 Å². The molecule has 0 fully saturated rings. The third kappa shape index (κ3) is 6.36. The van der Waals surface area contributed by atoms with Crippen molar-refractivity contribution < 1.29 is 17.9 Å². The maximum absolute atomic E-state index is 11.5. The van der Waals surface area contributed by atoms with Crippen LogP contribution in [0.4, 0.5) is 0 Å².